The molecular formula is C19H21N5. The summed E-state index contributed by atoms with van der Waals surface area (Å²) in [5.74, 6) is 1.23. The summed E-state index contributed by atoms with van der Waals surface area (Å²) in [6, 6.07) is 16.7. The van der Waals surface area contributed by atoms with Gasteiger partial charge in [0.25, 0.3) is 0 Å². The minimum atomic E-state index is 0.521. The Morgan fingerprint density at radius 1 is 0.875 bits per heavy atom. The normalized spacial score (nSPS) is 10.4. The van der Waals surface area contributed by atoms with E-state index >= 15 is 0 Å². The molecule has 0 bridgehead atoms. The molecule has 2 N–H and O–H groups in total. The average Bonchev–Trinajstić information content (AvgIpc) is 2.61. The third-order valence-corrected chi connectivity index (χ3v) is 3.85. The highest BCUT2D eigenvalue weighted by molar-refractivity contribution is 5.39. The van der Waals surface area contributed by atoms with Crippen molar-refractivity contribution in [3.63, 3.8) is 0 Å². The van der Waals surface area contributed by atoms with Crippen LogP contribution < -0.4 is 10.6 Å². The predicted molar refractivity (Wildman–Crippen MR) is 96.8 cm³/mol. The fourth-order valence-corrected chi connectivity index (χ4v) is 2.34. The van der Waals surface area contributed by atoms with Gasteiger partial charge in [0.1, 0.15) is 0 Å². The maximum absolute atomic E-state index is 4.45. The first-order chi connectivity index (χ1) is 11.7. The molecule has 24 heavy (non-hydrogen) atoms. The Labute approximate surface area is 142 Å². The molecule has 0 aliphatic heterocycles. The standard InChI is InChI=1S/C19H21N5/c1-14-7-9-16(10-8-14)11-20-18-13-22-24-19(23-18)21-12-17-6-4-3-5-15(17)2/h3-10,13H,11-12H2,1-2H3,(H2,20,21,23,24). The zero-order chi connectivity index (χ0) is 16.8. The van der Waals surface area contributed by atoms with Crippen molar-refractivity contribution in [1.29, 1.82) is 0 Å². The summed E-state index contributed by atoms with van der Waals surface area (Å²) in [6.07, 6.45) is 1.63. The highest BCUT2D eigenvalue weighted by Crippen LogP contribution is 2.11. The number of aromatic nitrogens is 3. The summed E-state index contributed by atoms with van der Waals surface area (Å²) in [4.78, 5) is 4.45. The number of aryl methyl sites for hydroxylation is 2. The molecule has 0 aliphatic rings. The fourth-order valence-electron chi connectivity index (χ4n) is 2.34. The van der Waals surface area contributed by atoms with Gasteiger partial charge in [-0.3, -0.25) is 0 Å². The average molecular weight is 319 g/mol. The molecule has 1 heterocycles. The second-order valence-electron chi connectivity index (χ2n) is 5.78. The number of nitrogens with zero attached hydrogens (tertiary/aromatic N) is 3. The van der Waals surface area contributed by atoms with Crippen molar-refractivity contribution in [3.05, 3.63) is 77.0 Å². The number of hydrogen-bond donors (Lipinski definition) is 2. The van der Waals surface area contributed by atoms with Crippen LogP contribution in [0.25, 0.3) is 0 Å². The van der Waals surface area contributed by atoms with Crippen LogP contribution in [0.4, 0.5) is 11.8 Å². The van der Waals surface area contributed by atoms with E-state index in [1.165, 1.54) is 22.3 Å². The Bertz CT molecular complexity index is 799. The van der Waals surface area contributed by atoms with E-state index < -0.39 is 0 Å². The van der Waals surface area contributed by atoms with Gasteiger partial charge in [-0.25, -0.2) is 0 Å². The van der Waals surface area contributed by atoms with Crippen LogP contribution in [0.2, 0.25) is 0 Å². The molecule has 0 aliphatic carbocycles. The van der Waals surface area contributed by atoms with Crippen molar-refractivity contribution < 1.29 is 0 Å². The molecule has 0 saturated carbocycles. The lowest BCUT2D eigenvalue weighted by molar-refractivity contribution is 0.935. The third kappa shape index (κ3) is 4.29. The summed E-state index contributed by atoms with van der Waals surface area (Å²) in [5.41, 5.74) is 4.92. The Kier molecular flexibility index (Phi) is 5.01. The number of nitrogens with one attached hydrogen (secondary N) is 2. The molecule has 0 fully saturated rings. The smallest absolute Gasteiger partial charge is 0.244 e. The minimum Gasteiger partial charge on any atom is -0.365 e. The molecule has 0 amide bonds. The monoisotopic (exact) mass is 319 g/mol. The van der Waals surface area contributed by atoms with E-state index in [9.17, 15) is 0 Å². The van der Waals surface area contributed by atoms with Crippen LogP contribution in [0.1, 0.15) is 22.3 Å². The first kappa shape index (κ1) is 15.9. The van der Waals surface area contributed by atoms with Gasteiger partial charge in [-0.2, -0.15) is 10.1 Å². The topological polar surface area (TPSA) is 62.7 Å². The summed E-state index contributed by atoms with van der Waals surface area (Å²) in [6.45, 7) is 5.56. The van der Waals surface area contributed by atoms with Crippen LogP contribution in [0.3, 0.4) is 0 Å². The van der Waals surface area contributed by atoms with E-state index in [4.69, 9.17) is 0 Å². The van der Waals surface area contributed by atoms with Crippen molar-refractivity contribution in [2.24, 2.45) is 0 Å². The van der Waals surface area contributed by atoms with E-state index in [-0.39, 0.29) is 0 Å². The van der Waals surface area contributed by atoms with Crippen LogP contribution in [0.5, 0.6) is 0 Å². The molecule has 5 nitrogen and oxygen atoms in total. The lowest BCUT2D eigenvalue weighted by Gasteiger charge is -2.09. The SMILES string of the molecule is Cc1ccc(CNc2cnnc(NCc3ccccc3C)n2)cc1. The molecule has 122 valence electrons. The molecule has 1 aromatic heterocycles. The van der Waals surface area contributed by atoms with Gasteiger partial charge in [0.05, 0.1) is 6.20 Å². The molecule has 0 spiro atoms. The van der Waals surface area contributed by atoms with Gasteiger partial charge in [0.15, 0.2) is 5.82 Å². The van der Waals surface area contributed by atoms with Gasteiger partial charge < -0.3 is 10.6 Å². The van der Waals surface area contributed by atoms with E-state index in [1.807, 2.05) is 12.1 Å². The second kappa shape index (κ2) is 7.55. The van der Waals surface area contributed by atoms with Gasteiger partial charge in [0, 0.05) is 13.1 Å². The van der Waals surface area contributed by atoms with Crippen LogP contribution in [-0.2, 0) is 13.1 Å². The minimum absolute atomic E-state index is 0.521. The van der Waals surface area contributed by atoms with Gasteiger partial charge in [-0.05, 0) is 30.5 Å². The number of benzene rings is 2. The second-order valence-corrected chi connectivity index (χ2v) is 5.78. The van der Waals surface area contributed by atoms with Crippen molar-refractivity contribution >= 4 is 11.8 Å². The van der Waals surface area contributed by atoms with E-state index in [0.717, 1.165) is 0 Å². The number of hydrogen-bond acceptors (Lipinski definition) is 5. The lowest BCUT2D eigenvalue weighted by Crippen LogP contribution is -2.08. The molecule has 0 radical (unpaired) electrons. The summed E-state index contributed by atoms with van der Waals surface area (Å²) in [5, 5.41) is 14.5. The van der Waals surface area contributed by atoms with Gasteiger partial charge in [-0.15, -0.1) is 5.10 Å². The Morgan fingerprint density at radius 2 is 1.67 bits per heavy atom. The summed E-state index contributed by atoms with van der Waals surface area (Å²) < 4.78 is 0. The highest BCUT2D eigenvalue weighted by atomic mass is 15.3. The first-order valence-corrected chi connectivity index (χ1v) is 7.98. The first-order valence-electron chi connectivity index (χ1n) is 7.98. The number of rotatable bonds is 6. The van der Waals surface area contributed by atoms with Gasteiger partial charge in [0.2, 0.25) is 5.95 Å². The maximum atomic E-state index is 4.45. The van der Waals surface area contributed by atoms with Gasteiger partial charge >= 0.3 is 0 Å². The molecule has 3 aromatic rings. The molecule has 0 saturated heterocycles. The Balaban J connectivity index is 1.59. The van der Waals surface area contributed by atoms with E-state index in [1.54, 1.807) is 6.20 Å². The summed E-state index contributed by atoms with van der Waals surface area (Å²) >= 11 is 0. The maximum Gasteiger partial charge on any atom is 0.244 e. The molecule has 3 rings (SSSR count). The van der Waals surface area contributed by atoms with Crippen molar-refractivity contribution in [2.75, 3.05) is 10.6 Å². The molecule has 0 atom stereocenters. The molecule has 2 aromatic carbocycles. The van der Waals surface area contributed by atoms with Crippen molar-refractivity contribution in [1.82, 2.24) is 15.2 Å². The molecule has 5 heteroatoms. The summed E-state index contributed by atoms with van der Waals surface area (Å²) in [7, 11) is 0. The fraction of sp³-hybridized carbons (Fsp3) is 0.211. The van der Waals surface area contributed by atoms with Crippen molar-refractivity contribution in [2.45, 2.75) is 26.9 Å². The van der Waals surface area contributed by atoms with Crippen molar-refractivity contribution in [3.8, 4) is 0 Å². The van der Waals surface area contributed by atoms with Crippen LogP contribution >= 0.6 is 0 Å². The zero-order valence-corrected chi connectivity index (χ0v) is 14.0. The molecule has 0 unspecified atom stereocenters. The lowest BCUT2D eigenvalue weighted by atomic mass is 10.1. The van der Waals surface area contributed by atoms with Crippen LogP contribution in [-0.4, -0.2) is 15.2 Å². The molecular weight excluding hydrogens is 298 g/mol. The third-order valence-electron chi connectivity index (χ3n) is 3.85. The quantitative estimate of drug-likeness (QED) is 0.725. The van der Waals surface area contributed by atoms with Gasteiger partial charge in [-0.1, -0.05) is 54.1 Å². The van der Waals surface area contributed by atoms with Crippen LogP contribution in [0.15, 0.2) is 54.7 Å². The Morgan fingerprint density at radius 3 is 2.46 bits per heavy atom. The largest absolute Gasteiger partial charge is 0.365 e. The Hall–Kier alpha value is -2.95. The van der Waals surface area contributed by atoms with Crippen LogP contribution in [0, 0.1) is 13.8 Å². The van der Waals surface area contributed by atoms with E-state index in [0.29, 0.717) is 24.9 Å². The zero-order valence-electron chi connectivity index (χ0n) is 14.0. The number of anilines is 2. The predicted octanol–water partition coefficient (Wildman–Crippen LogP) is 3.71. The highest BCUT2D eigenvalue weighted by Gasteiger charge is 2.02. The van der Waals surface area contributed by atoms with E-state index in [2.05, 4.69) is 76.1 Å².